The van der Waals surface area contributed by atoms with E-state index in [0.29, 0.717) is 11.9 Å². The van der Waals surface area contributed by atoms with Crippen LogP contribution in [0.4, 0.5) is 0 Å². The summed E-state index contributed by atoms with van der Waals surface area (Å²) in [6.45, 7) is 5.54. The van der Waals surface area contributed by atoms with Gasteiger partial charge in [0.2, 0.25) is 5.91 Å². The Morgan fingerprint density at radius 2 is 1.95 bits per heavy atom. The van der Waals surface area contributed by atoms with Crippen LogP contribution in [0.1, 0.15) is 6.42 Å². The molecule has 3 aliphatic rings. The fourth-order valence-corrected chi connectivity index (χ4v) is 3.89. The van der Waals surface area contributed by atoms with Gasteiger partial charge in [0.25, 0.3) is 0 Å². The highest BCUT2D eigenvalue weighted by Crippen LogP contribution is 2.20. The summed E-state index contributed by atoms with van der Waals surface area (Å²) in [6.07, 6.45) is 0.958. The van der Waals surface area contributed by atoms with Gasteiger partial charge < -0.3 is 15.0 Å². The number of ether oxygens (including phenoxy) is 1. The highest BCUT2D eigenvalue weighted by atomic mass is 35.5. The SMILES string of the molecule is Cl.Cl.O=C(C1CC(N2CCOCC2)CN1)N1CCSC1. The first kappa shape index (κ1) is 18.3. The maximum absolute atomic E-state index is 12.3. The predicted octanol–water partition coefficient (Wildman–Crippen LogP) is 0.426. The second-order valence-corrected chi connectivity index (χ2v) is 6.21. The topological polar surface area (TPSA) is 44.8 Å². The van der Waals surface area contributed by atoms with Gasteiger partial charge >= 0.3 is 0 Å². The van der Waals surface area contributed by atoms with E-state index in [1.54, 1.807) is 0 Å². The van der Waals surface area contributed by atoms with E-state index in [0.717, 1.165) is 57.4 Å². The zero-order chi connectivity index (χ0) is 12.4. The molecule has 3 fully saturated rings. The Balaban J connectivity index is 0.000001000. The second-order valence-electron chi connectivity index (χ2n) is 5.14. The number of morpholine rings is 1. The molecule has 3 rings (SSSR count). The Labute approximate surface area is 137 Å². The van der Waals surface area contributed by atoms with Crippen LogP contribution in [0.2, 0.25) is 0 Å². The first-order valence-corrected chi connectivity index (χ1v) is 7.92. The van der Waals surface area contributed by atoms with E-state index < -0.39 is 0 Å². The van der Waals surface area contributed by atoms with Crippen LogP contribution in [0.15, 0.2) is 0 Å². The Morgan fingerprint density at radius 1 is 1.20 bits per heavy atom. The molecule has 1 N–H and O–H groups in total. The number of nitrogens with one attached hydrogen (secondary N) is 1. The van der Waals surface area contributed by atoms with Crippen LogP contribution in [0, 0.1) is 0 Å². The number of amides is 1. The molecule has 0 bridgehead atoms. The number of nitrogens with zero attached hydrogens (tertiary/aromatic N) is 2. The van der Waals surface area contributed by atoms with E-state index in [4.69, 9.17) is 4.74 Å². The fraction of sp³-hybridized carbons (Fsp3) is 0.917. The maximum Gasteiger partial charge on any atom is 0.240 e. The third-order valence-electron chi connectivity index (χ3n) is 4.03. The molecule has 3 saturated heterocycles. The van der Waals surface area contributed by atoms with Crippen LogP contribution in [-0.4, -0.2) is 78.8 Å². The third kappa shape index (κ3) is 4.15. The van der Waals surface area contributed by atoms with E-state index in [1.807, 2.05) is 16.7 Å². The molecule has 118 valence electrons. The van der Waals surface area contributed by atoms with Crippen LogP contribution in [-0.2, 0) is 9.53 Å². The summed E-state index contributed by atoms with van der Waals surface area (Å²) in [6, 6.07) is 0.551. The van der Waals surface area contributed by atoms with Crippen LogP contribution < -0.4 is 5.32 Å². The van der Waals surface area contributed by atoms with Crippen molar-refractivity contribution in [2.75, 3.05) is 51.0 Å². The summed E-state index contributed by atoms with van der Waals surface area (Å²) in [5.74, 6) is 2.26. The molecule has 8 heteroatoms. The molecular formula is C12H23Cl2N3O2S. The number of thioether (sulfide) groups is 1. The number of hydrogen-bond acceptors (Lipinski definition) is 5. The molecule has 3 heterocycles. The second kappa shape index (κ2) is 8.66. The molecule has 0 saturated carbocycles. The van der Waals surface area contributed by atoms with Crippen molar-refractivity contribution in [2.45, 2.75) is 18.5 Å². The van der Waals surface area contributed by atoms with Crippen molar-refractivity contribution < 1.29 is 9.53 Å². The van der Waals surface area contributed by atoms with Gasteiger partial charge in [-0.15, -0.1) is 36.6 Å². The number of rotatable bonds is 2. The molecule has 0 aromatic heterocycles. The van der Waals surface area contributed by atoms with E-state index in [-0.39, 0.29) is 30.9 Å². The molecule has 0 aromatic rings. The van der Waals surface area contributed by atoms with Gasteiger partial charge in [0.15, 0.2) is 0 Å². The Kier molecular flexibility index (Phi) is 7.93. The van der Waals surface area contributed by atoms with Crippen molar-refractivity contribution in [3.63, 3.8) is 0 Å². The molecule has 0 radical (unpaired) electrons. The van der Waals surface area contributed by atoms with E-state index in [9.17, 15) is 4.79 Å². The minimum atomic E-state index is 0. The van der Waals surface area contributed by atoms with Gasteiger partial charge in [0, 0.05) is 38.0 Å². The summed E-state index contributed by atoms with van der Waals surface area (Å²) < 4.78 is 5.37. The number of carbonyl (C=O) groups excluding carboxylic acids is 1. The normalized spacial score (nSPS) is 30.7. The van der Waals surface area contributed by atoms with Crippen molar-refractivity contribution in [3.05, 3.63) is 0 Å². The van der Waals surface area contributed by atoms with Crippen molar-refractivity contribution in [1.29, 1.82) is 0 Å². The van der Waals surface area contributed by atoms with Crippen molar-refractivity contribution in [2.24, 2.45) is 0 Å². The summed E-state index contributed by atoms with van der Waals surface area (Å²) in [7, 11) is 0. The van der Waals surface area contributed by atoms with Crippen molar-refractivity contribution in [1.82, 2.24) is 15.1 Å². The highest BCUT2D eigenvalue weighted by Gasteiger charge is 2.36. The van der Waals surface area contributed by atoms with Gasteiger partial charge in [-0.3, -0.25) is 9.69 Å². The fourth-order valence-electron chi connectivity index (χ4n) is 2.93. The molecule has 2 unspecified atom stereocenters. The molecule has 3 aliphatic heterocycles. The minimum absolute atomic E-state index is 0. The van der Waals surface area contributed by atoms with Crippen LogP contribution in [0.3, 0.4) is 0 Å². The molecular weight excluding hydrogens is 321 g/mol. The molecule has 1 amide bonds. The summed E-state index contributed by atoms with van der Waals surface area (Å²) in [4.78, 5) is 16.7. The first-order valence-electron chi connectivity index (χ1n) is 6.76. The summed E-state index contributed by atoms with van der Waals surface area (Å²) in [5, 5.41) is 3.40. The molecule has 2 atom stereocenters. The van der Waals surface area contributed by atoms with Gasteiger partial charge in [-0.05, 0) is 6.42 Å². The van der Waals surface area contributed by atoms with Crippen LogP contribution in [0.5, 0.6) is 0 Å². The van der Waals surface area contributed by atoms with Crippen LogP contribution in [0.25, 0.3) is 0 Å². The van der Waals surface area contributed by atoms with Crippen molar-refractivity contribution >= 4 is 42.5 Å². The van der Waals surface area contributed by atoms with Gasteiger partial charge in [-0.2, -0.15) is 0 Å². The standard InChI is InChI=1S/C12H21N3O2S.2ClH/c16-12(15-3-6-18-9-15)11-7-10(8-13-11)14-1-4-17-5-2-14;;/h10-11,13H,1-9H2;2*1H. The number of halogens is 2. The minimum Gasteiger partial charge on any atom is -0.379 e. The molecule has 0 aromatic carbocycles. The molecule has 20 heavy (non-hydrogen) atoms. The van der Waals surface area contributed by atoms with Gasteiger partial charge in [-0.25, -0.2) is 0 Å². The van der Waals surface area contributed by atoms with E-state index in [2.05, 4.69) is 10.2 Å². The van der Waals surface area contributed by atoms with E-state index in [1.165, 1.54) is 0 Å². The quantitative estimate of drug-likeness (QED) is 0.787. The van der Waals surface area contributed by atoms with Gasteiger partial charge in [-0.1, -0.05) is 0 Å². The zero-order valence-corrected chi connectivity index (χ0v) is 13.9. The average molecular weight is 344 g/mol. The summed E-state index contributed by atoms with van der Waals surface area (Å²) in [5.41, 5.74) is 0. The number of hydrogen-bond donors (Lipinski definition) is 1. The Morgan fingerprint density at radius 3 is 2.60 bits per heavy atom. The smallest absolute Gasteiger partial charge is 0.240 e. The highest BCUT2D eigenvalue weighted by molar-refractivity contribution is 7.99. The Bertz CT molecular complexity index is 313. The molecule has 0 aliphatic carbocycles. The van der Waals surface area contributed by atoms with Crippen LogP contribution >= 0.6 is 36.6 Å². The molecule has 5 nitrogen and oxygen atoms in total. The average Bonchev–Trinajstić information content (AvgIpc) is 3.10. The largest absolute Gasteiger partial charge is 0.379 e. The van der Waals surface area contributed by atoms with Gasteiger partial charge in [0.1, 0.15) is 0 Å². The maximum atomic E-state index is 12.3. The lowest BCUT2D eigenvalue weighted by atomic mass is 10.1. The number of carbonyl (C=O) groups is 1. The monoisotopic (exact) mass is 343 g/mol. The lowest BCUT2D eigenvalue weighted by molar-refractivity contribution is -0.131. The van der Waals surface area contributed by atoms with Gasteiger partial charge in [0.05, 0.1) is 25.1 Å². The van der Waals surface area contributed by atoms with E-state index >= 15 is 0 Å². The Hall–Kier alpha value is 0.280. The zero-order valence-electron chi connectivity index (χ0n) is 11.5. The lowest BCUT2D eigenvalue weighted by Gasteiger charge is -2.31. The summed E-state index contributed by atoms with van der Waals surface area (Å²) >= 11 is 1.85. The third-order valence-corrected chi connectivity index (χ3v) is 5.00. The van der Waals surface area contributed by atoms with Crippen molar-refractivity contribution in [3.8, 4) is 0 Å². The lowest BCUT2D eigenvalue weighted by Crippen LogP contribution is -2.44. The molecule has 0 spiro atoms. The first-order chi connectivity index (χ1) is 8.84. The predicted molar refractivity (Wildman–Crippen MR) is 86.1 cm³/mol.